The third kappa shape index (κ3) is 5.06. The van der Waals surface area contributed by atoms with E-state index in [0.717, 1.165) is 4.57 Å². The SMILES string of the molecule is C=c1c(C#N)c(O)n(CCCO)c(=O)/c1=C\c1ccc(-c2ccc(Cl)c(C(=O)OCCC)c2)o1. The number of furan rings is 1. The van der Waals surface area contributed by atoms with Gasteiger partial charge in [0.2, 0.25) is 5.88 Å². The van der Waals surface area contributed by atoms with Crippen LogP contribution in [0.4, 0.5) is 0 Å². The molecule has 0 unspecified atom stereocenters. The predicted molar refractivity (Wildman–Crippen MR) is 127 cm³/mol. The van der Waals surface area contributed by atoms with E-state index in [1.54, 1.807) is 30.3 Å². The van der Waals surface area contributed by atoms with E-state index in [0.29, 0.717) is 23.5 Å². The molecule has 0 aliphatic carbocycles. The number of pyridine rings is 1. The summed E-state index contributed by atoms with van der Waals surface area (Å²) in [7, 11) is 0. The molecule has 0 bridgehead atoms. The van der Waals surface area contributed by atoms with E-state index in [1.165, 1.54) is 6.08 Å². The van der Waals surface area contributed by atoms with Crippen LogP contribution < -0.4 is 16.0 Å². The molecule has 2 N–H and O–H groups in total. The molecule has 2 heterocycles. The molecule has 0 aliphatic heterocycles. The zero-order chi connectivity index (χ0) is 24.8. The first-order valence-electron chi connectivity index (χ1n) is 10.6. The number of ether oxygens (including phenoxy) is 1. The molecule has 3 rings (SSSR count). The highest BCUT2D eigenvalue weighted by molar-refractivity contribution is 6.33. The molecule has 0 fully saturated rings. The first-order chi connectivity index (χ1) is 16.3. The summed E-state index contributed by atoms with van der Waals surface area (Å²) in [6.07, 6.45) is 2.33. The van der Waals surface area contributed by atoms with E-state index < -0.39 is 17.4 Å². The molecule has 9 heteroatoms. The fourth-order valence-corrected chi connectivity index (χ4v) is 3.51. The smallest absolute Gasteiger partial charge is 0.339 e. The van der Waals surface area contributed by atoms with Crippen LogP contribution in [0.5, 0.6) is 5.88 Å². The highest BCUT2D eigenvalue weighted by atomic mass is 35.5. The molecule has 0 saturated carbocycles. The Hall–Kier alpha value is -3.80. The van der Waals surface area contributed by atoms with E-state index >= 15 is 0 Å². The summed E-state index contributed by atoms with van der Waals surface area (Å²) in [5.74, 6) is -0.319. The molecule has 0 saturated heterocycles. The average Bonchev–Trinajstić information content (AvgIpc) is 3.29. The average molecular weight is 483 g/mol. The van der Waals surface area contributed by atoms with Crippen LogP contribution in [0.25, 0.3) is 24.0 Å². The summed E-state index contributed by atoms with van der Waals surface area (Å²) in [6, 6.07) is 9.96. The van der Waals surface area contributed by atoms with Crippen molar-refractivity contribution in [2.24, 2.45) is 0 Å². The van der Waals surface area contributed by atoms with Gasteiger partial charge in [-0.05, 0) is 49.2 Å². The van der Waals surface area contributed by atoms with Crippen molar-refractivity contribution in [3.63, 3.8) is 0 Å². The summed E-state index contributed by atoms with van der Waals surface area (Å²) in [6.45, 7) is 5.79. The van der Waals surface area contributed by atoms with Gasteiger partial charge in [-0.1, -0.05) is 25.1 Å². The van der Waals surface area contributed by atoms with Crippen LogP contribution in [0, 0.1) is 11.3 Å². The maximum atomic E-state index is 12.9. The van der Waals surface area contributed by atoms with Gasteiger partial charge in [-0.2, -0.15) is 5.26 Å². The third-order valence-electron chi connectivity index (χ3n) is 5.05. The van der Waals surface area contributed by atoms with Crippen LogP contribution in [0.2, 0.25) is 5.02 Å². The Balaban J connectivity index is 2.07. The van der Waals surface area contributed by atoms with Gasteiger partial charge >= 0.3 is 5.97 Å². The van der Waals surface area contributed by atoms with Crippen molar-refractivity contribution in [2.45, 2.75) is 26.3 Å². The lowest BCUT2D eigenvalue weighted by Crippen LogP contribution is -2.46. The Morgan fingerprint density at radius 2 is 2.12 bits per heavy atom. The summed E-state index contributed by atoms with van der Waals surface area (Å²) in [4.78, 5) is 25.2. The first kappa shape index (κ1) is 24.8. The Morgan fingerprint density at radius 3 is 2.79 bits per heavy atom. The van der Waals surface area contributed by atoms with Crippen molar-refractivity contribution in [1.82, 2.24) is 4.57 Å². The van der Waals surface area contributed by atoms with Crippen molar-refractivity contribution in [3.8, 4) is 23.3 Å². The number of carbonyl (C=O) groups is 1. The maximum absolute atomic E-state index is 12.9. The summed E-state index contributed by atoms with van der Waals surface area (Å²) in [5.41, 5.74) is 0.0773. The zero-order valence-electron chi connectivity index (χ0n) is 18.5. The number of nitriles is 1. The monoisotopic (exact) mass is 482 g/mol. The summed E-state index contributed by atoms with van der Waals surface area (Å²) >= 11 is 6.15. The van der Waals surface area contributed by atoms with Gasteiger partial charge in [-0.15, -0.1) is 0 Å². The van der Waals surface area contributed by atoms with Gasteiger partial charge in [0.15, 0.2) is 0 Å². The Bertz CT molecular complexity index is 1430. The van der Waals surface area contributed by atoms with Gasteiger partial charge < -0.3 is 19.4 Å². The maximum Gasteiger partial charge on any atom is 0.339 e. The van der Waals surface area contributed by atoms with Crippen molar-refractivity contribution >= 4 is 30.2 Å². The highest BCUT2D eigenvalue weighted by Gasteiger charge is 2.16. The normalized spacial score (nSPS) is 11.4. The second kappa shape index (κ2) is 10.9. The number of aromatic hydroxyl groups is 1. The van der Waals surface area contributed by atoms with E-state index in [9.17, 15) is 20.0 Å². The molecular formula is C25H23ClN2O6. The second-order valence-electron chi connectivity index (χ2n) is 7.41. The third-order valence-corrected chi connectivity index (χ3v) is 5.38. The lowest BCUT2D eigenvalue weighted by molar-refractivity contribution is 0.0505. The fourth-order valence-electron chi connectivity index (χ4n) is 3.31. The lowest BCUT2D eigenvalue weighted by Gasteiger charge is -2.09. The molecule has 0 spiro atoms. The molecular weight excluding hydrogens is 460 g/mol. The van der Waals surface area contributed by atoms with Gasteiger partial charge in [0.1, 0.15) is 23.2 Å². The number of rotatable bonds is 8. The molecule has 0 aliphatic rings. The number of hydrogen-bond donors (Lipinski definition) is 2. The molecule has 1 aromatic carbocycles. The van der Waals surface area contributed by atoms with E-state index in [2.05, 4.69) is 6.58 Å². The quantitative estimate of drug-likeness (QED) is 0.472. The Kier molecular flexibility index (Phi) is 7.95. The second-order valence-corrected chi connectivity index (χ2v) is 7.82. The predicted octanol–water partition coefficient (Wildman–Crippen LogP) is 2.53. The van der Waals surface area contributed by atoms with Crippen molar-refractivity contribution in [1.29, 1.82) is 5.26 Å². The number of esters is 1. The number of hydrogen-bond acceptors (Lipinski definition) is 7. The number of carbonyl (C=O) groups excluding carboxylic acids is 1. The minimum absolute atomic E-state index is 0.0298. The van der Waals surface area contributed by atoms with Crippen LogP contribution >= 0.6 is 11.6 Å². The van der Waals surface area contributed by atoms with Gasteiger partial charge in [-0.3, -0.25) is 9.36 Å². The Labute approximate surface area is 200 Å². The summed E-state index contributed by atoms with van der Waals surface area (Å²) in [5, 5.41) is 29.2. The minimum Gasteiger partial charge on any atom is -0.493 e. The Morgan fingerprint density at radius 1 is 1.35 bits per heavy atom. The van der Waals surface area contributed by atoms with Gasteiger partial charge in [0.05, 0.1) is 22.4 Å². The van der Waals surface area contributed by atoms with E-state index in [-0.39, 0.29) is 52.8 Å². The number of halogens is 1. The molecule has 2 aromatic heterocycles. The molecule has 176 valence electrons. The molecule has 0 radical (unpaired) electrons. The minimum atomic E-state index is -0.569. The van der Waals surface area contributed by atoms with Crippen LogP contribution in [0.3, 0.4) is 0 Å². The van der Waals surface area contributed by atoms with Crippen LogP contribution in [0.15, 0.2) is 39.5 Å². The molecule has 0 amide bonds. The van der Waals surface area contributed by atoms with E-state index in [4.69, 9.17) is 25.9 Å². The molecule has 8 nitrogen and oxygen atoms in total. The topological polar surface area (TPSA) is 126 Å². The van der Waals surface area contributed by atoms with Gasteiger partial charge in [0.25, 0.3) is 5.56 Å². The van der Waals surface area contributed by atoms with Gasteiger partial charge in [-0.25, -0.2) is 4.79 Å². The van der Waals surface area contributed by atoms with Crippen molar-refractivity contribution in [2.75, 3.05) is 13.2 Å². The number of benzene rings is 1. The van der Waals surface area contributed by atoms with Crippen LogP contribution in [0.1, 0.15) is 41.4 Å². The zero-order valence-corrected chi connectivity index (χ0v) is 19.3. The molecule has 34 heavy (non-hydrogen) atoms. The first-order valence-corrected chi connectivity index (χ1v) is 10.9. The van der Waals surface area contributed by atoms with Crippen molar-refractivity contribution in [3.05, 3.63) is 73.0 Å². The fraction of sp³-hybridized carbons (Fsp3) is 0.240. The largest absolute Gasteiger partial charge is 0.493 e. The number of aliphatic hydroxyl groups is 1. The highest BCUT2D eigenvalue weighted by Crippen LogP contribution is 2.27. The van der Waals surface area contributed by atoms with Crippen LogP contribution in [-0.2, 0) is 11.3 Å². The van der Waals surface area contributed by atoms with Crippen molar-refractivity contribution < 1.29 is 24.2 Å². The van der Waals surface area contributed by atoms with E-state index in [1.807, 2.05) is 13.0 Å². The summed E-state index contributed by atoms with van der Waals surface area (Å²) < 4.78 is 12.0. The number of aromatic nitrogens is 1. The van der Waals surface area contributed by atoms with Crippen LogP contribution in [-0.4, -0.2) is 34.0 Å². The number of aliphatic hydroxyl groups excluding tert-OH is 1. The lowest BCUT2D eigenvalue weighted by atomic mass is 10.1. The molecule has 3 aromatic rings. The number of nitrogens with zero attached hydrogens (tertiary/aromatic N) is 2. The standard InChI is InChI=1S/C25H23ClN2O6/c1-3-11-33-25(32)19-12-16(5-7-21(19)26)22-8-6-17(34-22)13-18-15(2)20(14-27)24(31)28(23(18)30)9-4-10-29/h5-8,12-13,29,31H,2-4,9-11H2,1H3/b18-13-. The molecule has 0 atom stereocenters. The van der Waals surface area contributed by atoms with Gasteiger partial charge in [0, 0.05) is 23.9 Å².